The largest absolute Gasteiger partial charge is 0.496 e. The van der Waals surface area contributed by atoms with Crippen LogP contribution in [0.2, 0.25) is 0 Å². The zero-order chi connectivity index (χ0) is 23.4. The van der Waals surface area contributed by atoms with E-state index in [4.69, 9.17) is 4.74 Å². The molecule has 1 heterocycles. The Bertz CT molecular complexity index is 1130. The normalized spacial score (nSPS) is 17.5. The molecule has 0 saturated carbocycles. The van der Waals surface area contributed by atoms with E-state index in [0.29, 0.717) is 11.4 Å². The molecule has 170 valence electrons. The molecule has 3 N–H and O–H groups in total. The first-order valence-corrected chi connectivity index (χ1v) is 10.8. The molecule has 3 aromatic rings. The minimum atomic E-state index is -0.764. The second-order valence-electron chi connectivity index (χ2n) is 8.12. The van der Waals surface area contributed by atoms with E-state index in [0.717, 1.165) is 22.4 Å². The highest BCUT2D eigenvalue weighted by Crippen LogP contribution is 2.30. The number of anilines is 2. The first-order chi connectivity index (χ1) is 15.9. The van der Waals surface area contributed by atoms with Crippen LogP contribution in [0.1, 0.15) is 12.0 Å². The van der Waals surface area contributed by atoms with Gasteiger partial charge < -0.3 is 25.4 Å². The van der Waals surface area contributed by atoms with Gasteiger partial charge in [0.1, 0.15) is 11.8 Å². The SMILES string of the molecule is COc1ccccc1-c1ccc(NC(=O)[C@H]2C[C@@H](O)CN2C(=O)Nc2ccc(C)cc2)cc1. The molecule has 1 fully saturated rings. The fourth-order valence-corrected chi connectivity index (χ4v) is 3.96. The van der Waals surface area contributed by atoms with Gasteiger partial charge in [-0.1, -0.05) is 48.0 Å². The highest BCUT2D eigenvalue weighted by atomic mass is 16.5. The van der Waals surface area contributed by atoms with Gasteiger partial charge in [0.25, 0.3) is 0 Å². The van der Waals surface area contributed by atoms with Gasteiger partial charge in [0.2, 0.25) is 5.91 Å². The summed E-state index contributed by atoms with van der Waals surface area (Å²) in [5.74, 6) is 0.431. The quantitative estimate of drug-likeness (QED) is 0.547. The standard InChI is InChI=1S/C26H27N3O4/c1-17-7-11-20(12-8-17)28-26(32)29-16-21(30)15-23(29)25(31)27-19-13-9-18(10-14-19)22-5-3-4-6-24(22)33-2/h3-14,21,23,30H,15-16H2,1-2H3,(H,27,31)(H,28,32)/t21-,23-/m1/s1. The molecular weight excluding hydrogens is 418 g/mol. The molecule has 3 aromatic carbocycles. The van der Waals surface area contributed by atoms with E-state index >= 15 is 0 Å². The van der Waals surface area contributed by atoms with Crippen molar-refractivity contribution in [2.45, 2.75) is 25.5 Å². The lowest BCUT2D eigenvalue weighted by atomic mass is 10.0. The molecule has 7 nitrogen and oxygen atoms in total. The smallest absolute Gasteiger partial charge is 0.322 e. The number of benzene rings is 3. The Balaban J connectivity index is 1.44. The first kappa shape index (κ1) is 22.4. The molecular formula is C26H27N3O4. The van der Waals surface area contributed by atoms with Gasteiger partial charge in [0.15, 0.2) is 0 Å². The maximum absolute atomic E-state index is 13.0. The van der Waals surface area contributed by atoms with Crippen molar-refractivity contribution in [3.05, 3.63) is 78.4 Å². The van der Waals surface area contributed by atoms with Gasteiger partial charge in [-0.05, 0) is 42.8 Å². The van der Waals surface area contributed by atoms with Crippen molar-refractivity contribution >= 4 is 23.3 Å². The van der Waals surface area contributed by atoms with Crippen molar-refractivity contribution in [1.82, 2.24) is 4.90 Å². The van der Waals surface area contributed by atoms with E-state index in [2.05, 4.69) is 10.6 Å². The number of amides is 3. The van der Waals surface area contributed by atoms with Gasteiger partial charge in [-0.25, -0.2) is 4.79 Å². The van der Waals surface area contributed by atoms with Crippen LogP contribution < -0.4 is 15.4 Å². The molecule has 2 atom stereocenters. The lowest BCUT2D eigenvalue weighted by Crippen LogP contribution is -2.45. The first-order valence-electron chi connectivity index (χ1n) is 10.8. The zero-order valence-electron chi connectivity index (χ0n) is 18.6. The Morgan fingerprint density at radius 3 is 2.27 bits per heavy atom. The van der Waals surface area contributed by atoms with Crippen molar-refractivity contribution in [3.8, 4) is 16.9 Å². The minimum absolute atomic E-state index is 0.0997. The average Bonchev–Trinajstić information content (AvgIpc) is 3.23. The number of nitrogens with one attached hydrogen (secondary N) is 2. The molecule has 0 bridgehead atoms. The Hall–Kier alpha value is -3.84. The third-order valence-corrected chi connectivity index (χ3v) is 5.72. The Morgan fingerprint density at radius 2 is 1.58 bits per heavy atom. The molecule has 0 aromatic heterocycles. The number of carbonyl (C=O) groups is 2. The minimum Gasteiger partial charge on any atom is -0.496 e. The molecule has 0 spiro atoms. The van der Waals surface area contributed by atoms with Crippen LogP contribution >= 0.6 is 0 Å². The number of β-amino-alcohol motifs (C(OH)–C–C–N with tert-alkyl or cyclic N) is 1. The van der Waals surface area contributed by atoms with Gasteiger partial charge in [0, 0.05) is 29.9 Å². The van der Waals surface area contributed by atoms with Gasteiger partial charge in [0.05, 0.1) is 13.2 Å². The van der Waals surface area contributed by atoms with Crippen LogP contribution in [0.5, 0.6) is 5.75 Å². The van der Waals surface area contributed by atoms with Crippen molar-refractivity contribution in [2.24, 2.45) is 0 Å². The van der Waals surface area contributed by atoms with E-state index in [9.17, 15) is 14.7 Å². The maximum atomic E-state index is 13.0. The van der Waals surface area contributed by atoms with E-state index in [1.165, 1.54) is 4.90 Å². The summed E-state index contributed by atoms with van der Waals surface area (Å²) in [5, 5.41) is 15.8. The Kier molecular flexibility index (Phi) is 6.60. The monoisotopic (exact) mass is 445 g/mol. The summed E-state index contributed by atoms with van der Waals surface area (Å²) in [5.41, 5.74) is 4.24. The average molecular weight is 446 g/mol. The highest BCUT2D eigenvalue weighted by molar-refractivity contribution is 5.99. The summed E-state index contributed by atoms with van der Waals surface area (Å²) >= 11 is 0. The van der Waals surface area contributed by atoms with Gasteiger partial charge >= 0.3 is 6.03 Å². The number of aryl methyl sites for hydroxylation is 1. The molecule has 1 saturated heterocycles. The summed E-state index contributed by atoms with van der Waals surface area (Å²) in [6.07, 6.45) is -0.565. The van der Waals surface area contributed by atoms with Crippen LogP contribution in [-0.4, -0.2) is 47.7 Å². The summed E-state index contributed by atoms with van der Waals surface area (Å²) < 4.78 is 5.42. The van der Waals surface area contributed by atoms with Crippen LogP contribution in [0.3, 0.4) is 0 Å². The van der Waals surface area contributed by atoms with Gasteiger partial charge in [-0.2, -0.15) is 0 Å². The summed E-state index contributed by atoms with van der Waals surface area (Å²) in [7, 11) is 1.63. The topological polar surface area (TPSA) is 90.9 Å². The van der Waals surface area contributed by atoms with Crippen LogP contribution in [0.15, 0.2) is 72.8 Å². The highest BCUT2D eigenvalue weighted by Gasteiger charge is 2.39. The van der Waals surface area contributed by atoms with Crippen LogP contribution in [0.25, 0.3) is 11.1 Å². The fraction of sp³-hybridized carbons (Fsp3) is 0.231. The lowest BCUT2D eigenvalue weighted by Gasteiger charge is -2.24. The van der Waals surface area contributed by atoms with Crippen LogP contribution in [0.4, 0.5) is 16.2 Å². The third-order valence-electron chi connectivity index (χ3n) is 5.72. The van der Waals surface area contributed by atoms with Crippen molar-refractivity contribution < 1.29 is 19.4 Å². The Labute approximate surface area is 193 Å². The molecule has 0 unspecified atom stereocenters. The number of aliphatic hydroxyl groups is 1. The molecule has 1 aliphatic rings. The van der Waals surface area contributed by atoms with Crippen LogP contribution in [-0.2, 0) is 4.79 Å². The number of nitrogens with zero attached hydrogens (tertiary/aromatic N) is 1. The molecule has 0 radical (unpaired) electrons. The summed E-state index contributed by atoms with van der Waals surface area (Å²) in [6.45, 7) is 2.06. The number of likely N-dealkylation sites (tertiary alicyclic amines) is 1. The van der Waals surface area contributed by atoms with Gasteiger partial charge in [-0.15, -0.1) is 0 Å². The van der Waals surface area contributed by atoms with E-state index < -0.39 is 18.2 Å². The third kappa shape index (κ3) is 5.15. The number of aliphatic hydroxyl groups excluding tert-OH is 1. The second-order valence-corrected chi connectivity index (χ2v) is 8.12. The zero-order valence-corrected chi connectivity index (χ0v) is 18.6. The predicted molar refractivity (Wildman–Crippen MR) is 128 cm³/mol. The second kappa shape index (κ2) is 9.75. The fourth-order valence-electron chi connectivity index (χ4n) is 3.96. The summed E-state index contributed by atoms with van der Waals surface area (Å²) in [4.78, 5) is 27.1. The number of urea groups is 1. The van der Waals surface area contributed by atoms with E-state index in [1.807, 2.05) is 67.6 Å². The summed E-state index contributed by atoms with van der Waals surface area (Å²) in [6, 6.07) is 21.4. The Morgan fingerprint density at radius 1 is 0.939 bits per heavy atom. The number of hydrogen-bond donors (Lipinski definition) is 3. The number of carbonyl (C=O) groups excluding carboxylic acids is 2. The molecule has 1 aliphatic heterocycles. The van der Waals surface area contributed by atoms with Crippen LogP contribution in [0, 0.1) is 6.92 Å². The molecule has 7 heteroatoms. The maximum Gasteiger partial charge on any atom is 0.322 e. The van der Waals surface area contributed by atoms with E-state index in [-0.39, 0.29) is 18.9 Å². The molecule has 3 amide bonds. The predicted octanol–water partition coefficient (Wildman–Crippen LogP) is 4.28. The van der Waals surface area contributed by atoms with E-state index in [1.54, 1.807) is 19.2 Å². The number of methoxy groups -OCH3 is 1. The number of rotatable bonds is 5. The lowest BCUT2D eigenvalue weighted by molar-refractivity contribution is -0.119. The van der Waals surface area contributed by atoms with Crippen molar-refractivity contribution in [1.29, 1.82) is 0 Å². The molecule has 0 aliphatic carbocycles. The molecule has 4 rings (SSSR count). The number of ether oxygens (including phenoxy) is 1. The van der Waals surface area contributed by atoms with Crippen molar-refractivity contribution in [2.75, 3.05) is 24.3 Å². The van der Waals surface area contributed by atoms with Crippen molar-refractivity contribution in [3.63, 3.8) is 0 Å². The number of hydrogen-bond acceptors (Lipinski definition) is 4. The van der Waals surface area contributed by atoms with Gasteiger partial charge in [-0.3, -0.25) is 4.79 Å². The molecule has 33 heavy (non-hydrogen) atoms. The number of para-hydroxylation sites is 1.